The number of carbonyl (C=O) groups excluding carboxylic acids is 1. The van der Waals surface area contributed by atoms with Crippen molar-refractivity contribution in [1.29, 1.82) is 0 Å². The molecule has 5 rings (SSSR count). The zero-order valence-corrected chi connectivity index (χ0v) is 18.2. The van der Waals surface area contributed by atoms with Gasteiger partial charge in [0.15, 0.2) is 0 Å². The molecule has 5 heteroatoms. The van der Waals surface area contributed by atoms with Gasteiger partial charge in [-0.1, -0.05) is 72.8 Å². The highest BCUT2D eigenvalue weighted by Crippen LogP contribution is 2.43. The van der Waals surface area contributed by atoms with E-state index in [1.807, 2.05) is 60.7 Å². The minimum absolute atomic E-state index is 0.152. The summed E-state index contributed by atoms with van der Waals surface area (Å²) in [4.78, 5) is 27.1. The van der Waals surface area contributed by atoms with E-state index in [1.54, 1.807) is 41.3 Å². The van der Waals surface area contributed by atoms with Crippen LogP contribution in [0.3, 0.4) is 0 Å². The van der Waals surface area contributed by atoms with Crippen molar-refractivity contribution in [1.82, 2.24) is 0 Å². The number of phenolic OH excluding ortho intramolecular Hbond substituents is 1. The largest absolute Gasteiger partial charge is 0.508 e. The molecule has 5 nitrogen and oxygen atoms in total. The molecule has 34 heavy (non-hydrogen) atoms. The van der Waals surface area contributed by atoms with Gasteiger partial charge in [0, 0.05) is 11.1 Å². The molecule has 4 aromatic carbocycles. The van der Waals surface area contributed by atoms with Crippen LogP contribution >= 0.6 is 0 Å². The lowest BCUT2D eigenvalue weighted by Crippen LogP contribution is -2.26. The molecule has 1 amide bonds. The molecule has 1 aliphatic heterocycles. The molecule has 0 aliphatic carbocycles. The standard InChI is InChI=1S/C29H21NO4/c31-23-15-13-21(14-16-23)26(20-8-2-1-3-9-20)27-24-11-4-5-12-25(24)30(28(27)32)18-19-7-6-10-22(17-19)29(33)34/h1-17,31H,18H2,(H,33,34)/b27-26+. The highest BCUT2D eigenvalue weighted by molar-refractivity contribution is 6.38. The minimum atomic E-state index is -1.01. The average molecular weight is 447 g/mol. The van der Waals surface area contributed by atoms with Gasteiger partial charge in [0.05, 0.1) is 23.4 Å². The predicted molar refractivity (Wildman–Crippen MR) is 131 cm³/mol. The Morgan fingerprint density at radius 1 is 0.735 bits per heavy atom. The van der Waals surface area contributed by atoms with Crippen LogP contribution in [0.4, 0.5) is 5.69 Å². The Morgan fingerprint density at radius 3 is 2.12 bits per heavy atom. The Hall–Kier alpha value is -4.64. The summed E-state index contributed by atoms with van der Waals surface area (Å²) in [7, 11) is 0. The molecular formula is C29H21NO4. The van der Waals surface area contributed by atoms with Crippen LogP contribution in [-0.4, -0.2) is 22.1 Å². The van der Waals surface area contributed by atoms with Crippen LogP contribution in [0.15, 0.2) is 103 Å². The fourth-order valence-electron chi connectivity index (χ4n) is 4.35. The molecule has 0 unspecified atom stereocenters. The second-order valence-electron chi connectivity index (χ2n) is 8.08. The molecule has 1 heterocycles. The van der Waals surface area contributed by atoms with Crippen LogP contribution in [0.25, 0.3) is 11.1 Å². The number of anilines is 1. The molecule has 2 N–H and O–H groups in total. The van der Waals surface area contributed by atoms with Gasteiger partial charge in [-0.2, -0.15) is 0 Å². The van der Waals surface area contributed by atoms with Crippen molar-refractivity contribution < 1.29 is 19.8 Å². The molecule has 0 saturated carbocycles. The number of hydrogen-bond acceptors (Lipinski definition) is 3. The van der Waals surface area contributed by atoms with Gasteiger partial charge in [0.2, 0.25) is 0 Å². The number of rotatable bonds is 5. The lowest BCUT2D eigenvalue weighted by molar-refractivity contribution is -0.113. The van der Waals surface area contributed by atoms with E-state index in [2.05, 4.69) is 0 Å². The average Bonchev–Trinajstić information content (AvgIpc) is 3.13. The molecule has 4 aromatic rings. The molecular weight excluding hydrogens is 426 g/mol. The van der Waals surface area contributed by atoms with Crippen molar-refractivity contribution in [2.75, 3.05) is 4.90 Å². The number of carbonyl (C=O) groups is 2. The van der Waals surface area contributed by atoms with Gasteiger partial charge in [-0.15, -0.1) is 0 Å². The summed E-state index contributed by atoms with van der Waals surface area (Å²) < 4.78 is 0. The lowest BCUT2D eigenvalue weighted by Gasteiger charge is -2.18. The first-order chi connectivity index (χ1) is 16.5. The number of carboxylic acid groups (broad SMARTS) is 1. The number of nitrogens with zero attached hydrogens (tertiary/aromatic N) is 1. The number of carboxylic acids is 1. The first-order valence-corrected chi connectivity index (χ1v) is 10.9. The van der Waals surface area contributed by atoms with Crippen LogP contribution in [0.2, 0.25) is 0 Å². The molecule has 0 atom stereocenters. The molecule has 0 spiro atoms. The second-order valence-corrected chi connectivity index (χ2v) is 8.08. The summed E-state index contributed by atoms with van der Waals surface area (Å²) in [6.07, 6.45) is 0. The minimum Gasteiger partial charge on any atom is -0.508 e. The highest BCUT2D eigenvalue weighted by atomic mass is 16.4. The third-order valence-corrected chi connectivity index (χ3v) is 5.91. The van der Waals surface area contributed by atoms with Gasteiger partial charge in [0.1, 0.15) is 5.75 Å². The van der Waals surface area contributed by atoms with Crippen LogP contribution < -0.4 is 4.90 Å². The van der Waals surface area contributed by atoms with E-state index >= 15 is 0 Å². The quantitative estimate of drug-likeness (QED) is 0.391. The third kappa shape index (κ3) is 3.84. The van der Waals surface area contributed by atoms with Gasteiger partial charge < -0.3 is 15.1 Å². The summed E-state index contributed by atoms with van der Waals surface area (Å²) in [5, 5.41) is 19.2. The van der Waals surface area contributed by atoms with E-state index in [0.717, 1.165) is 33.5 Å². The third-order valence-electron chi connectivity index (χ3n) is 5.91. The van der Waals surface area contributed by atoms with Crippen LogP contribution in [0, 0.1) is 0 Å². The normalized spacial score (nSPS) is 14.1. The summed E-state index contributed by atoms with van der Waals surface area (Å²) in [5.74, 6) is -1.01. The number of para-hydroxylation sites is 1. The molecule has 0 bridgehead atoms. The summed E-state index contributed by atoms with van der Waals surface area (Å²) in [6, 6.07) is 30.8. The molecule has 0 saturated heterocycles. The van der Waals surface area contributed by atoms with Crippen molar-refractivity contribution in [3.05, 3.63) is 131 Å². The van der Waals surface area contributed by atoms with E-state index in [0.29, 0.717) is 5.57 Å². The summed E-state index contributed by atoms with van der Waals surface area (Å²) in [5.41, 5.74) is 5.56. The van der Waals surface area contributed by atoms with Gasteiger partial charge in [-0.3, -0.25) is 4.79 Å². The van der Waals surface area contributed by atoms with E-state index in [-0.39, 0.29) is 23.8 Å². The number of fused-ring (bicyclic) bond motifs is 1. The SMILES string of the molecule is O=C(O)c1cccc(CN2C(=O)/C(=C(\c3ccccc3)c3ccc(O)cc3)c3ccccc32)c1. The first-order valence-electron chi connectivity index (χ1n) is 10.9. The zero-order chi connectivity index (χ0) is 23.7. The summed E-state index contributed by atoms with van der Waals surface area (Å²) >= 11 is 0. The van der Waals surface area contributed by atoms with Gasteiger partial charge in [-0.05, 0) is 47.0 Å². The predicted octanol–water partition coefficient (Wildman–Crippen LogP) is 5.60. The molecule has 0 fully saturated rings. The number of amides is 1. The maximum atomic E-state index is 13.9. The second kappa shape index (κ2) is 8.71. The number of hydrogen-bond donors (Lipinski definition) is 2. The van der Waals surface area contributed by atoms with Crippen LogP contribution in [0.1, 0.15) is 32.6 Å². The zero-order valence-electron chi connectivity index (χ0n) is 18.2. The van der Waals surface area contributed by atoms with Gasteiger partial charge in [0.25, 0.3) is 5.91 Å². The Morgan fingerprint density at radius 2 is 1.38 bits per heavy atom. The number of phenols is 1. The van der Waals surface area contributed by atoms with E-state index in [9.17, 15) is 19.8 Å². The fraction of sp³-hybridized carbons (Fsp3) is 0.0345. The maximum Gasteiger partial charge on any atom is 0.335 e. The van der Waals surface area contributed by atoms with Gasteiger partial charge >= 0.3 is 5.97 Å². The molecule has 166 valence electrons. The van der Waals surface area contributed by atoms with E-state index in [4.69, 9.17) is 0 Å². The Balaban J connectivity index is 1.69. The van der Waals surface area contributed by atoms with Crippen molar-refractivity contribution >= 4 is 28.7 Å². The molecule has 1 aliphatic rings. The van der Waals surface area contributed by atoms with Crippen molar-refractivity contribution in [2.24, 2.45) is 0 Å². The van der Waals surface area contributed by atoms with E-state index < -0.39 is 5.97 Å². The highest BCUT2D eigenvalue weighted by Gasteiger charge is 2.35. The van der Waals surface area contributed by atoms with E-state index in [1.165, 1.54) is 6.07 Å². The number of aromatic carboxylic acids is 1. The van der Waals surface area contributed by atoms with Crippen LogP contribution in [0.5, 0.6) is 5.75 Å². The first kappa shape index (κ1) is 21.2. The lowest BCUT2D eigenvalue weighted by atomic mass is 9.90. The monoisotopic (exact) mass is 447 g/mol. The van der Waals surface area contributed by atoms with Crippen molar-refractivity contribution in [3.63, 3.8) is 0 Å². The Labute approximate surface area is 196 Å². The van der Waals surface area contributed by atoms with Gasteiger partial charge in [-0.25, -0.2) is 4.79 Å². The topological polar surface area (TPSA) is 77.8 Å². The molecule has 0 aromatic heterocycles. The van der Waals surface area contributed by atoms with Crippen LogP contribution in [-0.2, 0) is 11.3 Å². The number of aromatic hydroxyl groups is 1. The fourth-order valence-corrected chi connectivity index (χ4v) is 4.35. The Kier molecular flexibility index (Phi) is 5.44. The maximum absolute atomic E-state index is 13.9. The summed E-state index contributed by atoms with van der Waals surface area (Å²) in [6.45, 7) is 0.248. The number of benzene rings is 4. The van der Waals surface area contributed by atoms with Crippen molar-refractivity contribution in [2.45, 2.75) is 6.54 Å². The Bertz CT molecular complexity index is 1420. The molecule has 0 radical (unpaired) electrons. The smallest absolute Gasteiger partial charge is 0.335 e. The van der Waals surface area contributed by atoms with Crippen molar-refractivity contribution in [3.8, 4) is 5.75 Å².